The monoisotopic (exact) mass is 249 g/mol. The summed E-state index contributed by atoms with van der Waals surface area (Å²) in [6.45, 7) is 0. The summed E-state index contributed by atoms with van der Waals surface area (Å²) in [7, 11) is 3.86. The molecule has 1 unspecified atom stereocenters. The SMILES string of the molecule is NC(=O)OC(=O)CCCCC1CCSS1. The Balaban J connectivity index is 1.96. The van der Waals surface area contributed by atoms with Gasteiger partial charge in [-0.1, -0.05) is 28.0 Å². The molecule has 1 saturated heterocycles. The van der Waals surface area contributed by atoms with Gasteiger partial charge in [0.2, 0.25) is 0 Å². The molecule has 0 aromatic heterocycles. The van der Waals surface area contributed by atoms with Gasteiger partial charge in [0.25, 0.3) is 0 Å². The maximum Gasteiger partial charge on any atom is 0.412 e. The van der Waals surface area contributed by atoms with E-state index < -0.39 is 12.1 Å². The number of unbranched alkanes of at least 4 members (excludes halogenated alkanes) is 1. The third kappa shape index (κ3) is 5.94. The third-order valence-electron chi connectivity index (χ3n) is 2.10. The van der Waals surface area contributed by atoms with Crippen LogP contribution in [-0.2, 0) is 9.53 Å². The number of ether oxygens (including phenoxy) is 1. The van der Waals surface area contributed by atoms with Gasteiger partial charge in [-0.05, 0) is 19.3 Å². The Labute approximate surface area is 97.1 Å². The molecule has 15 heavy (non-hydrogen) atoms. The number of primary amides is 1. The minimum atomic E-state index is -1.01. The number of amides is 1. The minimum Gasteiger partial charge on any atom is -0.376 e. The Bertz CT molecular complexity index is 229. The van der Waals surface area contributed by atoms with Crippen LogP contribution in [-0.4, -0.2) is 23.1 Å². The fraction of sp³-hybridized carbons (Fsp3) is 0.778. The van der Waals surface area contributed by atoms with Crippen molar-refractivity contribution in [2.24, 2.45) is 5.73 Å². The highest BCUT2D eigenvalue weighted by atomic mass is 33.1. The first-order chi connectivity index (χ1) is 7.18. The molecule has 1 atom stereocenters. The lowest BCUT2D eigenvalue weighted by Crippen LogP contribution is -2.18. The van der Waals surface area contributed by atoms with Gasteiger partial charge in [-0.25, -0.2) is 4.79 Å². The fourth-order valence-corrected chi connectivity index (χ4v) is 4.40. The lowest BCUT2D eigenvalue weighted by atomic mass is 10.1. The number of rotatable bonds is 5. The van der Waals surface area contributed by atoms with Crippen LogP contribution in [0.5, 0.6) is 0 Å². The van der Waals surface area contributed by atoms with Crippen molar-refractivity contribution in [2.75, 3.05) is 5.75 Å². The molecule has 1 amide bonds. The predicted molar refractivity (Wildman–Crippen MR) is 62.6 cm³/mol. The Morgan fingerprint density at radius 3 is 2.80 bits per heavy atom. The minimum absolute atomic E-state index is 0.285. The first-order valence-corrected chi connectivity index (χ1v) is 7.35. The molecule has 86 valence electrons. The van der Waals surface area contributed by atoms with Gasteiger partial charge >= 0.3 is 12.1 Å². The van der Waals surface area contributed by atoms with Crippen molar-refractivity contribution >= 4 is 33.7 Å². The van der Waals surface area contributed by atoms with Crippen molar-refractivity contribution in [3.8, 4) is 0 Å². The first-order valence-electron chi connectivity index (χ1n) is 4.97. The summed E-state index contributed by atoms with van der Waals surface area (Å²) >= 11 is 0. The van der Waals surface area contributed by atoms with Crippen LogP contribution in [0.4, 0.5) is 4.79 Å². The molecule has 1 heterocycles. The maximum absolute atomic E-state index is 10.9. The molecule has 0 radical (unpaired) electrons. The number of hydrogen-bond donors (Lipinski definition) is 1. The van der Waals surface area contributed by atoms with Gasteiger partial charge in [-0.2, -0.15) is 0 Å². The summed E-state index contributed by atoms with van der Waals surface area (Å²) in [5.74, 6) is 0.718. The lowest BCUT2D eigenvalue weighted by Gasteiger charge is -2.05. The maximum atomic E-state index is 10.9. The summed E-state index contributed by atoms with van der Waals surface area (Å²) in [6, 6.07) is 0. The molecule has 0 bridgehead atoms. The van der Waals surface area contributed by atoms with Gasteiger partial charge in [0.15, 0.2) is 0 Å². The van der Waals surface area contributed by atoms with Gasteiger partial charge in [-0.3, -0.25) is 4.79 Å². The molecule has 2 N–H and O–H groups in total. The molecule has 1 fully saturated rings. The predicted octanol–water partition coefficient (Wildman–Crippen LogP) is 2.32. The number of carbonyl (C=O) groups is 2. The summed E-state index contributed by atoms with van der Waals surface area (Å²) in [4.78, 5) is 21.1. The largest absolute Gasteiger partial charge is 0.412 e. The van der Waals surface area contributed by atoms with Crippen molar-refractivity contribution in [2.45, 2.75) is 37.4 Å². The zero-order valence-corrected chi connectivity index (χ0v) is 10.1. The standard InChI is InChI=1S/C9H15NO3S2/c10-9(12)13-8(11)4-2-1-3-7-5-6-14-15-7/h7H,1-6H2,(H2,10,12). The molecule has 0 saturated carbocycles. The van der Waals surface area contributed by atoms with E-state index in [-0.39, 0.29) is 6.42 Å². The van der Waals surface area contributed by atoms with Crippen LogP contribution in [0.2, 0.25) is 0 Å². The number of hydrogen-bond acceptors (Lipinski definition) is 5. The van der Waals surface area contributed by atoms with Crippen molar-refractivity contribution < 1.29 is 14.3 Å². The van der Waals surface area contributed by atoms with Crippen molar-refractivity contribution in [3.63, 3.8) is 0 Å². The molecule has 6 heteroatoms. The first kappa shape index (κ1) is 12.7. The van der Waals surface area contributed by atoms with E-state index in [4.69, 9.17) is 5.73 Å². The van der Waals surface area contributed by atoms with E-state index in [9.17, 15) is 9.59 Å². The van der Waals surface area contributed by atoms with Gasteiger partial charge in [0.05, 0.1) is 0 Å². The second-order valence-corrected chi connectivity index (χ2v) is 6.16. The van der Waals surface area contributed by atoms with Crippen LogP contribution < -0.4 is 5.73 Å². The van der Waals surface area contributed by atoms with E-state index in [2.05, 4.69) is 4.74 Å². The summed E-state index contributed by atoms with van der Waals surface area (Å²) < 4.78 is 4.21. The molecule has 1 rings (SSSR count). The van der Waals surface area contributed by atoms with E-state index in [0.717, 1.165) is 24.5 Å². The van der Waals surface area contributed by atoms with E-state index in [1.807, 2.05) is 21.6 Å². The van der Waals surface area contributed by atoms with Gasteiger partial charge in [0, 0.05) is 17.4 Å². The molecule has 0 aromatic carbocycles. The highest BCUT2D eigenvalue weighted by Crippen LogP contribution is 2.39. The van der Waals surface area contributed by atoms with Gasteiger partial charge in [0.1, 0.15) is 0 Å². The number of carbonyl (C=O) groups excluding carboxylic acids is 2. The molecule has 0 spiro atoms. The molecule has 1 aliphatic heterocycles. The second kappa shape index (κ2) is 7.00. The van der Waals surface area contributed by atoms with Crippen LogP contribution in [0.3, 0.4) is 0 Å². The van der Waals surface area contributed by atoms with Crippen molar-refractivity contribution in [3.05, 3.63) is 0 Å². The number of esters is 1. The quantitative estimate of drug-likeness (QED) is 0.350. The average Bonchev–Trinajstić information content (AvgIpc) is 2.63. The van der Waals surface area contributed by atoms with Crippen molar-refractivity contribution in [1.82, 2.24) is 0 Å². The van der Waals surface area contributed by atoms with E-state index in [1.54, 1.807) is 0 Å². The molecule has 0 aromatic rings. The van der Waals surface area contributed by atoms with Gasteiger partial charge < -0.3 is 10.5 Å². The summed E-state index contributed by atoms with van der Waals surface area (Å²) in [5, 5.41) is 0.738. The highest BCUT2D eigenvalue weighted by molar-refractivity contribution is 8.77. The van der Waals surface area contributed by atoms with Crippen LogP contribution in [0, 0.1) is 0 Å². The number of nitrogens with two attached hydrogens (primary N) is 1. The van der Waals surface area contributed by atoms with Crippen molar-refractivity contribution in [1.29, 1.82) is 0 Å². The molecular weight excluding hydrogens is 234 g/mol. The summed E-state index contributed by atoms with van der Waals surface area (Å²) in [6.07, 6.45) is 3.46. The highest BCUT2D eigenvalue weighted by Gasteiger charge is 2.16. The Morgan fingerprint density at radius 1 is 1.40 bits per heavy atom. The Morgan fingerprint density at radius 2 is 2.20 bits per heavy atom. The normalized spacial score (nSPS) is 20.1. The molecule has 0 aliphatic carbocycles. The third-order valence-corrected chi connectivity index (χ3v) is 5.11. The Kier molecular flexibility index (Phi) is 5.93. The van der Waals surface area contributed by atoms with Crippen LogP contribution >= 0.6 is 21.6 Å². The molecular formula is C9H15NO3S2. The lowest BCUT2D eigenvalue weighted by molar-refractivity contribution is -0.137. The molecule has 4 nitrogen and oxygen atoms in total. The zero-order chi connectivity index (χ0) is 11.1. The topological polar surface area (TPSA) is 69.4 Å². The van der Waals surface area contributed by atoms with Crippen LogP contribution in [0.15, 0.2) is 0 Å². The van der Waals surface area contributed by atoms with E-state index in [1.165, 1.54) is 12.2 Å². The van der Waals surface area contributed by atoms with Gasteiger partial charge in [-0.15, -0.1) is 0 Å². The Hall–Kier alpha value is -0.360. The average molecular weight is 249 g/mol. The van der Waals surface area contributed by atoms with Crippen LogP contribution in [0.25, 0.3) is 0 Å². The molecule has 1 aliphatic rings. The smallest absolute Gasteiger partial charge is 0.376 e. The van der Waals surface area contributed by atoms with E-state index >= 15 is 0 Å². The fourth-order valence-electron chi connectivity index (χ4n) is 1.37. The second-order valence-electron chi connectivity index (χ2n) is 3.37. The zero-order valence-electron chi connectivity index (χ0n) is 8.44. The van der Waals surface area contributed by atoms with E-state index in [0.29, 0.717) is 0 Å². The summed E-state index contributed by atoms with van der Waals surface area (Å²) in [5.41, 5.74) is 4.71. The van der Waals surface area contributed by atoms with Crippen LogP contribution in [0.1, 0.15) is 32.1 Å².